The van der Waals surface area contributed by atoms with E-state index in [1.807, 2.05) is 18.2 Å². The highest BCUT2D eigenvalue weighted by Gasteiger charge is 2.13. The van der Waals surface area contributed by atoms with Gasteiger partial charge in [-0.05, 0) is 25.0 Å². The second-order valence-electron chi connectivity index (χ2n) is 3.88. The zero-order valence-corrected chi connectivity index (χ0v) is 11.2. The number of fused-ring (bicyclic) bond motifs is 1. The number of hydrogen-bond acceptors (Lipinski definition) is 4. The molecular formula is C12H15ClN2OS. The Kier molecular flexibility index (Phi) is 4.34. The van der Waals surface area contributed by atoms with Gasteiger partial charge in [0.05, 0.1) is 21.3 Å². The van der Waals surface area contributed by atoms with Crippen molar-refractivity contribution in [2.75, 3.05) is 13.7 Å². The van der Waals surface area contributed by atoms with Gasteiger partial charge >= 0.3 is 0 Å². The Balaban J connectivity index is 2.16. The summed E-state index contributed by atoms with van der Waals surface area (Å²) in [5, 5.41) is 1.69. The van der Waals surface area contributed by atoms with Crippen molar-refractivity contribution in [3.8, 4) is 0 Å². The van der Waals surface area contributed by atoms with E-state index in [1.54, 1.807) is 18.4 Å². The first-order valence-electron chi connectivity index (χ1n) is 5.52. The van der Waals surface area contributed by atoms with Crippen LogP contribution in [0.1, 0.15) is 23.9 Å². The number of nitrogens with zero attached hydrogens (tertiary/aromatic N) is 1. The van der Waals surface area contributed by atoms with Gasteiger partial charge in [-0.25, -0.2) is 4.98 Å². The molecule has 2 N–H and O–H groups in total. The molecule has 0 fully saturated rings. The van der Waals surface area contributed by atoms with Crippen LogP contribution in [0.3, 0.4) is 0 Å². The Morgan fingerprint density at radius 1 is 1.53 bits per heavy atom. The summed E-state index contributed by atoms with van der Waals surface area (Å²) in [7, 11) is 1.70. The maximum atomic E-state index is 6.11. The van der Waals surface area contributed by atoms with Crippen LogP contribution in [-0.2, 0) is 4.74 Å². The Morgan fingerprint density at radius 2 is 2.35 bits per heavy atom. The van der Waals surface area contributed by atoms with Crippen molar-refractivity contribution in [2.45, 2.75) is 18.9 Å². The highest BCUT2D eigenvalue weighted by molar-refractivity contribution is 7.19. The number of hydrogen-bond donors (Lipinski definition) is 1. The molecule has 1 atom stereocenters. The van der Waals surface area contributed by atoms with Crippen LogP contribution in [0.15, 0.2) is 18.2 Å². The molecule has 0 radical (unpaired) electrons. The molecule has 3 nitrogen and oxygen atoms in total. The smallest absolute Gasteiger partial charge is 0.111 e. The van der Waals surface area contributed by atoms with Gasteiger partial charge in [0.2, 0.25) is 0 Å². The molecule has 2 rings (SSSR count). The van der Waals surface area contributed by atoms with Crippen molar-refractivity contribution in [2.24, 2.45) is 5.73 Å². The minimum Gasteiger partial charge on any atom is -0.385 e. The van der Waals surface area contributed by atoms with Crippen molar-refractivity contribution in [3.05, 3.63) is 28.2 Å². The van der Waals surface area contributed by atoms with E-state index < -0.39 is 0 Å². The molecule has 0 amide bonds. The molecular weight excluding hydrogens is 256 g/mol. The standard InChI is InChI=1S/C12H15ClN2OS/c1-16-7-3-5-9(14)12-15-10-6-2-4-8(13)11(10)17-12/h2,4,6,9H,3,5,7,14H2,1H3. The average molecular weight is 271 g/mol. The third-order valence-electron chi connectivity index (χ3n) is 2.56. The molecule has 5 heteroatoms. The second kappa shape index (κ2) is 5.78. The monoisotopic (exact) mass is 270 g/mol. The summed E-state index contributed by atoms with van der Waals surface area (Å²) < 4.78 is 6.03. The van der Waals surface area contributed by atoms with Gasteiger partial charge in [0.25, 0.3) is 0 Å². The van der Waals surface area contributed by atoms with Crippen molar-refractivity contribution >= 4 is 33.2 Å². The number of methoxy groups -OCH3 is 1. The van der Waals surface area contributed by atoms with Gasteiger partial charge in [0, 0.05) is 13.7 Å². The minimum absolute atomic E-state index is 0.0291. The third-order valence-corrected chi connectivity index (χ3v) is 4.23. The Hall–Kier alpha value is -0.680. The summed E-state index contributed by atoms with van der Waals surface area (Å²) in [4.78, 5) is 4.52. The summed E-state index contributed by atoms with van der Waals surface area (Å²) in [5.74, 6) is 0. The predicted molar refractivity (Wildman–Crippen MR) is 72.7 cm³/mol. The molecule has 17 heavy (non-hydrogen) atoms. The van der Waals surface area contributed by atoms with Crippen molar-refractivity contribution < 1.29 is 4.74 Å². The van der Waals surface area contributed by atoms with E-state index in [0.29, 0.717) is 0 Å². The molecule has 1 aromatic heterocycles. The number of benzene rings is 1. The summed E-state index contributed by atoms with van der Waals surface area (Å²) in [5.41, 5.74) is 7.03. The van der Waals surface area contributed by atoms with Crippen LogP contribution in [-0.4, -0.2) is 18.7 Å². The highest BCUT2D eigenvalue weighted by atomic mass is 35.5. The van der Waals surface area contributed by atoms with Gasteiger partial charge < -0.3 is 10.5 Å². The molecule has 1 unspecified atom stereocenters. The molecule has 0 bridgehead atoms. The van der Waals surface area contributed by atoms with E-state index >= 15 is 0 Å². The first-order valence-corrected chi connectivity index (χ1v) is 6.71. The Labute approximate surface area is 110 Å². The molecule has 0 saturated heterocycles. The number of halogens is 1. The van der Waals surface area contributed by atoms with Crippen LogP contribution < -0.4 is 5.73 Å². The number of nitrogens with two attached hydrogens (primary N) is 1. The highest BCUT2D eigenvalue weighted by Crippen LogP contribution is 2.32. The van der Waals surface area contributed by atoms with Crippen LogP contribution in [0.25, 0.3) is 10.2 Å². The molecule has 2 aromatic rings. The third kappa shape index (κ3) is 2.96. The van der Waals surface area contributed by atoms with E-state index in [9.17, 15) is 0 Å². The fraction of sp³-hybridized carbons (Fsp3) is 0.417. The lowest BCUT2D eigenvalue weighted by atomic mass is 10.2. The number of thiazole rings is 1. The molecule has 0 spiro atoms. The van der Waals surface area contributed by atoms with Crippen molar-refractivity contribution in [3.63, 3.8) is 0 Å². The first-order chi connectivity index (χ1) is 8.22. The molecule has 0 aliphatic heterocycles. The molecule has 1 heterocycles. The fourth-order valence-electron chi connectivity index (χ4n) is 1.66. The Bertz CT molecular complexity index is 500. The summed E-state index contributed by atoms with van der Waals surface area (Å²) in [6.45, 7) is 0.735. The minimum atomic E-state index is -0.0291. The van der Waals surface area contributed by atoms with E-state index in [-0.39, 0.29) is 6.04 Å². The zero-order valence-electron chi connectivity index (χ0n) is 9.65. The average Bonchev–Trinajstić information content (AvgIpc) is 2.75. The number of aromatic nitrogens is 1. The number of rotatable bonds is 5. The predicted octanol–water partition coefficient (Wildman–Crippen LogP) is 3.38. The van der Waals surface area contributed by atoms with Crippen LogP contribution in [0.2, 0.25) is 5.02 Å². The lowest BCUT2D eigenvalue weighted by Crippen LogP contribution is -2.10. The van der Waals surface area contributed by atoms with Crippen LogP contribution in [0, 0.1) is 0 Å². The Morgan fingerprint density at radius 3 is 3.06 bits per heavy atom. The van der Waals surface area contributed by atoms with Gasteiger partial charge in [-0.2, -0.15) is 0 Å². The zero-order chi connectivity index (χ0) is 12.3. The topological polar surface area (TPSA) is 48.1 Å². The van der Waals surface area contributed by atoms with Crippen molar-refractivity contribution in [1.82, 2.24) is 4.98 Å². The van der Waals surface area contributed by atoms with Crippen molar-refractivity contribution in [1.29, 1.82) is 0 Å². The van der Waals surface area contributed by atoms with Gasteiger partial charge in [-0.1, -0.05) is 17.7 Å². The molecule has 0 aliphatic carbocycles. The van der Waals surface area contributed by atoms with Gasteiger partial charge in [0.1, 0.15) is 5.01 Å². The van der Waals surface area contributed by atoms with Crippen LogP contribution >= 0.6 is 22.9 Å². The fourth-order valence-corrected chi connectivity index (χ4v) is 2.95. The quantitative estimate of drug-likeness (QED) is 0.848. The van der Waals surface area contributed by atoms with Gasteiger partial charge in [-0.15, -0.1) is 11.3 Å². The lowest BCUT2D eigenvalue weighted by Gasteiger charge is -2.06. The summed E-state index contributed by atoms with van der Waals surface area (Å²) >= 11 is 7.69. The van der Waals surface area contributed by atoms with Gasteiger partial charge in [0.15, 0.2) is 0 Å². The first kappa shape index (κ1) is 12.8. The summed E-state index contributed by atoms with van der Waals surface area (Å²) in [6.07, 6.45) is 1.83. The van der Waals surface area contributed by atoms with E-state index in [2.05, 4.69) is 4.98 Å². The molecule has 0 aliphatic rings. The van der Waals surface area contributed by atoms with Crippen LogP contribution in [0.4, 0.5) is 0 Å². The van der Waals surface area contributed by atoms with E-state index in [0.717, 1.165) is 39.7 Å². The SMILES string of the molecule is COCCCC(N)c1nc2cccc(Cl)c2s1. The molecule has 92 valence electrons. The van der Waals surface area contributed by atoms with E-state index in [4.69, 9.17) is 22.1 Å². The molecule has 0 saturated carbocycles. The largest absolute Gasteiger partial charge is 0.385 e. The van der Waals surface area contributed by atoms with Gasteiger partial charge in [-0.3, -0.25) is 0 Å². The number of ether oxygens (including phenoxy) is 1. The normalized spacial score (nSPS) is 13.1. The van der Waals surface area contributed by atoms with Crippen LogP contribution in [0.5, 0.6) is 0 Å². The lowest BCUT2D eigenvalue weighted by molar-refractivity contribution is 0.190. The second-order valence-corrected chi connectivity index (χ2v) is 5.32. The maximum Gasteiger partial charge on any atom is 0.111 e. The molecule has 1 aromatic carbocycles. The summed E-state index contributed by atoms with van der Waals surface area (Å²) in [6, 6.07) is 5.72. The maximum absolute atomic E-state index is 6.11. The van der Waals surface area contributed by atoms with E-state index in [1.165, 1.54) is 0 Å².